The van der Waals surface area contributed by atoms with E-state index in [4.69, 9.17) is 21.4 Å². The van der Waals surface area contributed by atoms with E-state index in [9.17, 15) is 14.9 Å². The minimum atomic E-state index is -0.711. The van der Waals surface area contributed by atoms with Gasteiger partial charge in [0.25, 0.3) is 11.5 Å². The fraction of sp³-hybridized carbons (Fsp3) is 0.0811. The van der Waals surface area contributed by atoms with Crippen molar-refractivity contribution in [3.63, 3.8) is 0 Å². The van der Waals surface area contributed by atoms with Crippen molar-refractivity contribution < 1.29 is 9.53 Å². The van der Waals surface area contributed by atoms with Gasteiger partial charge in [0, 0.05) is 29.4 Å². The number of rotatable bonds is 9. The SMILES string of the molecule is Cc1c(NC(=O)C(C#N)=Cc2cn(-c3ccccc3)nc2-c2cccc(OCc3ccc(Cl)cc3)c2)c(=O)n(-c2ccccc2)n1C. The summed E-state index contributed by atoms with van der Waals surface area (Å²) in [5.74, 6) is -0.0916. The highest BCUT2D eigenvalue weighted by atomic mass is 35.5. The van der Waals surface area contributed by atoms with Gasteiger partial charge in [-0.3, -0.25) is 14.3 Å². The Hall–Kier alpha value is -6.11. The number of amides is 1. The number of benzene rings is 4. The first-order valence-corrected chi connectivity index (χ1v) is 15.1. The van der Waals surface area contributed by atoms with Crippen LogP contribution in [0.4, 0.5) is 5.69 Å². The summed E-state index contributed by atoms with van der Waals surface area (Å²) in [5, 5.41) is 18.3. The molecule has 0 saturated heterocycles. The first-order valence-electron chi connectivity index (χ1n) is 14.7. The smallest absolute Gasteiger partial charge is 0.295 e. The molecule has 232 valence electrons. The molecule has 0 aliphatic carbocycles. The predicted molar refractivity (Wildman–Crippen MR) is 183 cm³/mol. The van der Waals surface area contributed by atoms with E-state index in [1.165, 1.54) is 10.8 Å². The van der Waals surface area contributed by atoms with E-state index in [1.807, 2.05) is 103 Å². The highest BCUT2D eigenvalue weighted by Crippen LogP contribution is 2.29. The molecule has 0 bridgehead atoms. The van der Waals surface area contributed by atoms with E-state index < -0.39 is 11.5 Å². The van der Waals surface area contributed by atoms with Crippen LogP contribution in [0.15, 0.2) is 126 Å². The lowest BCUT2D eigenvalue weighted by molar-refractivity contribution is -0.112. The summed E-state index contributed by atoms with van der Waals surface area (Å²) in [7, 11) is 1.73. The van der Waals surface area contributed by atoms with Gasteiger partial charge in [-0.25, -0.2) is 9.36 Å². The van der Waals surface area contributed by atoms with Crippen molar-refractivity contribution in [2.75, 3.05) is 5.32 Å². The molecule has 0 atom stereocenters. The maximum Gasteiger partial charge on any atom is 0.295 e. The molecule has 0 saturated carbocycles. The molecule has 4 aromatic carbocycles. The number of para-hydroxylation sites is 2. The number of anilines is 1. The second-order valence-electron chi connectivity index (χ2n) is 10.7. The number of nitrogens with one attached hydrogen (secondary N) is 1. The molecule has 0 spiro atoms. The fourth-order valence-corrected chi connectivity index (χ4v) is 5.23. The largest absolute Gasteiger partial charge is 0.489 e. The second kappa shape index (κ2) is 13.5. The van der Waals surface area contributed by atoms with E-state index in [1.54, 1.807) is 41.7 Å². The van der Waals surface area contributed by atoms with Crippen LogP contribution in [0.25, 0.3) is 28.7 Å². The van der Waals surface area contributed by atoms with Crippen molar-refractivity contribution in [1.29, 1.82) is 5.26 Å². The molecule has 6 rings (SSSR count). The Bertz CT molecular complexity index is 2190. The lowest BCUT2D eigenvalue weighted by Crippen LogP contribution is -2.23. The third-order valence-corrected chi connectivity index (χ3v) is 7.90. The van der Waals surface area contributed by atoms with Crippen LogP contribution in [-0.2, 0) is 18.4 Å². The van der Waals surface area contributed by atoms with Gasteiger partial charge < -0.3 is 10.1 Å². The number of carbonyl (C=O) groups is 1. The summed E-state index contributed by atoms with van der Waals surface area (Å²) in [5.41, 5.74) is 4.23. The number of nitrogens with zero attached hydrogens (tertiary/aromatic N) is 5. The van der Waals surface area contributed by atoms with Crippen molar-refractivity contribution in [2.45, 2.75) is 13.5 Å². The van der Waals surface area contributed by atoms with Crippen LogP contribution in [0.3, 0.4) is 0 Å². The minimum Gasteiger partial charge on any atom is -0.489 e. The van der Waals surface area contributed by atoms with Crippen LogP contribution in [0.5, 0.6) is 5.75 Å². The van der Waals surface area contributed by atoms with Crippen molar-refractivity contribution in [3.05, 3.63) is 153 Å². The summed E-state index contributed by atoms with van der Waals surface area (Å²) < 4.78 is 10.9. The van der Waals surface area contributed by atoms with Gasteiger partial charge in [-0.15, -0.1) is 0 Å². The number of carbonyl (C=O) groups excluding carboxylic acids is 1. The molecule has 1 amide bonds. The van der Waals surface area contributed by atoms with Crippen molar-refractivity contribution in [3.8, 4) is 34.5 Å². The van der Waals surface area contributed by atoms with Crippen LogP contribution in [0.1, 0.15) is 16.8 Å². The molecule has 9 nitrogen and oxygen atoms in total. The summed E-state index contributed by atoms with van der Waals surface area (Å²) in [6, 6.07) is 35.5. The maximum atomic E-state index is 13.5. The first kappa shape index (κ1) is 30.9. The molecule has 0 unspecified atom stereocenters. The molecule has 0 fully saturated rings. The van der Waals surface area contributed by atoms with Crippen LogP contribution in [0.2, 0.25) is 5.02 Å². The average Bonchev–Trinajstić information content (AvgIpc) is 3.62. The van der Waals surface area contributed by atoms with Crippen LogP contribution < -0.4 is 15.6 Å². The Morgan fingerprint density at radius 1 is 0.957 bits per heavy atom. The standard InChI is InChI=1S/C37H29ClN6O3/c1-25-34(37(46)44(42(25)2)32-13-7-4-8-14-32)40-36(45)28(22-39)20-29-23-43(31-11-5-3-6-12-31)41-35(29)27-10-9-15-33(21-27)47-24-26-16-18-30(38)19-17-26/h3-21,23H,24H2,1-2H3,(H,40,45). The van der Waals surface area contributed by atoms with Gasteiger partial charge in [0.2, 0.25) is 0 Å². The monoisotopic (exact) mass is 640 g/mol. The molecule has 47 heavy (non-hydrogen) atoms. The zero-order valence-corrected chi connectivity index (χ0v) is 26.3. The van der Waals surface area contributed by atoms with E-state index in [0.717, 1.165) is 16.8 Å². The molecule has 6 aromatic rings. The number of nitriles is 1. The van der Waals surface area contributed by atoms with Gasteiger partial charge in [0.05, 0.1) is 17.1 Å². The van der Waals surface area contributed by atoms with E-state index in [0.29, 0.717) is 40.0 Å². The average molecular weight is 641 g/mol. The third-order valence-electron chi connectivity index (χ3n) is 7.65. The van der Waals surface area contributed by atoms with E-state index in [2.05, 4.69) is 5.32 Å². The highest BCUT2D eigenvalue weighted by Gasteiger charge is 2.21. The van der Waals surface area contributed by atoms with E-state index in [-0.39, 0.29) is 11.3 Å². The Morgan fingerprint density at radius 2 is 1.64 bits per heavy atom. The van der Waals surface area contributed by atoms with Gasteiger partial charge in [0.15, 0.2) is 0 Å². The molecular formula is C37H29ClN6O3. The van der Waals surface area contributed by atoms with Crippen LogP contribution in [0, 0.1) is 18.3 Å². The normalized spacial score (nSPS) is 11.2. The number of halogens is 1. The van der Waals surface area contributed by atoms with Gasteiger partial charge in [-0.2, -0.15) is 10.4 Å². The minimum absolute atomic E-state index is 0.0910. The Balaban J connectivity index is 1.34. The van der Waals surface area contributed by atoms with Gasteiger partial charge in [0.1, 0.15) is 35.4 Å². The number of aromatic nitrogens is 4. The lowest BCUT2D eigenvalue weighted by atomic mass is 10.1. The zero-order chi connectivity index (χ0) is 32.9. The Kier molecular flexibility index (Phi) is 8.86. The molecule has 0 aliphatic rings. The predicted octanol–water partition coefficient (Wildman–Crippen LogP) is 7.12. The number of hydrogen-bond donors (Lipinski definition) is 1. The maximum absolute atomic E-state index is 13.5. The number of hydrogen-bond acceptors (Lipinski definition) is 5. The number of ether oxygens (including phenoxy) is 1. The first-order chi connectivity index (χ1) is 22.8. The van der Waals surface area contributed by atoms with Crippen molar-refractivity contribution >= 4 is 29.3 Å². The Labute approximate surface area is 276 Å². The molecule has 0 radical (unpaired) electrons. The summed E-state index contributed by atoms with van der Waals surface area (Å²) in [6.45, 7) is 2.08. The summed E-state index contributed by atoms with van der Waals surface area (Å²) >= 11 is 6.01. The molecule has 10 heteroatoms. The van der Waals surface area contributed by atoms with E-state index >= 15 is 0 Å². The topological polar surface area (TPSA) is 107 Å². The van der Waals surface area contributed by atoms with Crippen molar-refractivity contribution in [2.24, 2.45) is 7.05 Å². The van der Waals surface area contributed by atoms with Crippen LogP contribution in [-0.4, -0.2) is 25.1 Å². The van der Waals surface area contributed by atoms with Gasteiger partial charge >= 0.3 is 0 Å². The third kappa shape index (κ3) is 6.64. The summed E-state index contributed by atoms with van der Waals surface area (Å²) in [4.78, 5) is 26.9. The Morgan fingerprint density at radius 3 is 2.32 bits per heavy atom. The van der Waals surface area contributed by atoms with Gasteiger partial charge in [-0.1, -0.05) is 72.3 Å². The molecule has 0 aliphatic heterocycles. The highest BCUT2D eigenvalue weighted by molar-refractivity contribution is 6.30. The molecule has 1 N–H and O–H groups in total. The summed E-state index contributed by atoms with van der Waals surface area (Å²) in [6.07, 6.45) is 3.24. The molecule has 2 aromatic heterocycles. The quantitative estimate of drug-likeness (QED) is 0.134. The second-order valence-corrected chi connectivity index (χ2v) is 11.2. The molecular weight excluding hydrogens is 612 g/mol. The molecule has 2 heterocycles. The lowest BCUT2D eigenvalue weighted by Gasteiger charge is -2.08. The van der Waals surface area contributed by atoms with Gasteiger partial charge in [-0.05, 0) is 67.1 Å². The fourth-order valence-electron chi connectivity index (χ4n) is 5.11. The zero-order valence-electron chi connectivity index (χ0n) is 25.6. The van der Waals surface area contributed by atoms with Crippen LogP contribution >= 0.6 is 11.6 Å². The van der Waals surface area contributed by atoms with Crippen molar-refractivity contribution in [1.82, 2.24) is 19.1 Å².